The van der Waals surface area contributed by atoms with E-state index in [1.54, 1.807) is 0 Å². The number of hydrogen-bond donors (Lipinski definition) is 0. The Hall–Kier alpha value is 0.0283. The average molecular weight is 168 g/mol. The van der Waals surface area contributed by atoms with Gasteiger partial charge in [0.2, 0.25) is 6.79 Å². The predicted octanol–water partition coefficient (Wildman–Crippen LogP) is 0.459. The first kappa shape index (κ1) is 6.03. The van der Waals surface area contributed by atoms with Crippen LogP contribution in [-0.2, 0) is 30.5 Å². The van der Waals surface area contributed by atoms with Crippen molar-refractivity contribution in [1.82, 2.24) is 0 Å². The molecule has 0 aliphatic carbocycles. The maximum atomic E-state index is 4.54. The predicted molar refractivity (Wildman–Crippen MR) is 16.2 cm³/mol. The van der Waals surface area contributed by atoms with Gasteiger partial charge in [0.15, 0.2) is 0 Å². The van der Waals surface area contributed by atoms with E-state index in [0.717, 1.165) is 0 Å². The van der Waals surface area contributed by atoms with E-state index < -0.39 is 0 Å². The van der Waals surface area contributed by atoms with Gasteiger partial charge in [-0.2, -0.15) is 0 Å². The molecule has 0 spiro atoms. The first-order chi connectivity index (χ1) is 2.50. The third-order valence-corrected chi connectivity index (χ3v) is 0.384. The van der Waals surface area contributed by atoms with Crippen molar-refractivity contribution in [3.63, 3.8) is 0 Å². The van der Waals surface area contributed by atoms with Crippen LogP contribution in [0, 0.1) is 0 Å². The van der Waals surface area contributed by atoms with Gasteiger partial charge >= 0.3 is 0 Å². The van der Waals surface area contributed by atoms with Crippen molar-refractivity contribution >= 4 is 0 Å². The summed E-state index contributed by atoms with van der Waals surface area (Å²) in [5.41, 5.74) is 0. The number of hydrogen-bond acceptors (Lipinski definition) is 2. The smallest absolute Gasteiger partial charge is 0.229 e. The minimum atomic E-state index is 0. The number of ether oxygens (including phenoxy) is 2. The minimum absolute atomic E-state index is 0. The number of rotatable bonds is 0. The van der Waals surface area contributed by atoms with Gasteiger partial charge in [-0.25, -0.2) is 0 Å². The molecule has 0 atom stereocenters. The third-order valence-electron chi connectivity index (χ3n) is 0.384. The van der Waals surface area contributed by atoms with Crippen LogP contribution in [0.1, 0.15) is 0 Å². The van der Waals surface area contributed by atoms with Crippen molar-refractivity contribution in [2.24, 2.45) is 0 Å². The van der Waals surface area contributed by atoms with E-state index in [2.05, 4.69) is 9.47 Å². The van der Waals surface area contributed by atoms with Crippen molar-refractivity contribution in [2.75, 3.05) is 6.79 Å². The topological polar surface area (TPSA) is 18.5 Å². The van der Waals surface area contributed by atoms with E-state index in [1.165, 1.54) is 12.5 Å². The summed E-state index contributed by atoms with van der Waals surface area (Å²) >= 11 is 0. The molecule has 0 saturated heterocycles. The second-order valence-electron chi connectivity index (χ2n) is 0.723. The van der Waals surface area contributed by atoms with E-state index in [-0.39, 0.29) is 21.1 Å². The normalized spacial score (nSPS) is 14.7. The molecule has 0 aromatic rings. The van der Waals surface area contributed by atoms with Gasteiger partial charge < -0.3 is 9.47 Å². The molecule has 1 heterocycles. The maximum absolute atomic E-state index is 4.54. The molecule has 0 radical (unpaired) electrons. The first-order valence-electron chi connectivity index (χ1n) is 1.38. The molecule has 0 aromatic carbocycles. The Bertz CT molecular complexity index is 46.8. The summed E-state index contributed by atoms with van der Waals surface area (Å²) in [6, 6.07) is 0. The summed E-state index contributed by atoms with van der Waals surface area (Å²) in [6.07, 6.45) is 3.03. The van der Waals surface area contributed by atoms with Crippen LogP contribution in [0.5, 0.6) is 0 Å². The van der Waals surface area contributed by atoms with Crippen molar-refractivity contribution in [3.8, 4) is 0 Å². The van der Waals surface area contributed by atoms with E-state index in [4.69, 9.17) is 0 Å². The fourth-order valence-corrected chi connectivity index (χ4v) is 0.196. The third kappa shape index (κ3) is 1.46. The molecule has 1 aliphatic heterocycles. The largest absolute Gasteiger partial charge is 0.462 e. The first-order valence-corrected chi connectivity index (χ1v) is 1.38. The molecule has 0 aromatic heterocycles. The van der Waals surface area contributed by atoms with Gasteiger partial charge in [0.25, 0.3) is 0 Å². The van der Waals surface area contributed by atoms with Crippen molar-refractivity contribution in [1.29, 1.82) is 0 Å². The summed E-state index contributed by atoms with van der Waals surface area (Å²) in [4.78, 5) is 0. The van der Waals surface area contributed by atoms with Gasteiger partial charge in [0.05, 0.1) is 0 Å². The Balaban J connectivity index is 0.000000250. The average Bonchev–Trinajstić information content (AvgIpc) is 1.76. The van der Waals surface area contributed by atoms with Crippen LogP contribution < -0.4 is 0 Å². The zero-order valence-corrected chi connectivity index (χ0v) is 5.09. The van der Waals surface area contributed by atoms with E-state index in [9.17, 15) is 0 Å². The van der Waals surface area contributed by atoms with Crippen LogP contribution in [-0.4, -0.2) is 6.79 Å². The summed E-state index contributed by atoms with van der Waals surface area (Å²) in [5.74, 6) is 0. The van der Waals surface area contributed by atoms with Crippen LogP contribution >= 0.6 is 0 Å². The molecule has 2 nitrogen and oxygen atoms in total. The molecule has 0 bridgehead atoms. The fraction of sp³-hybridized carbons (Fsp3) is 0.333. The minimum Gasteiger partial charge on any atom is -0.462 e. The molecule has 0 unspecified atom stereocenters. The van der Waals surface area contributed by atoms with Gasteiger partial charge in [-0.15, -0.1) is 0 Å². The molecule has 1 aliphatic rings. The zero-order chi connectivity index (χ0) is 3.54. The molecule has 0 amide bonds. The van der Waals surface area contributed by atoms with Gasteiger partial charge in [0.1, 0.15) is 12.5 Å². The van der Waals surface area contributed by atoms with Crippen LogP contribution in [0.2, 0.25) is 0 Å². The van der Waals surface area contributed by atoms with E-state index in [0.29, 0.717) is 6.79 Å². The summed E-state index contributed by atoms with van der Waals surface area (Å²) < 4.78 is 9.08. The second kappa shape index (κ2) is 3.23. The van der Waals surface area contributed by atoms with E-state index in [1.807, 2.05) is 0 Å². The molecular weight excluding hydrogens is 164 g/mol. The Morgan fingerprint density at radius 3 is 1.83 bits per heavy atom. The molecule has 0 fully saturated rings. The van der Waals surface area contributed by atoms with Crippen molar-refractivity contribution < 1.29 is 30.5 Å². The van der Waals surface area contributed by atoms with Gasteiger partial charge in [-0.3, -0.25) is 0 Å². The van der Waals surface area contributed by atoms with Crippen LogP contribution in [0.15, 0.2) is 12.5 Å². The second-order valence-corrected chi connectivity index (χ2v) is 0.723. The molecule has 1 rings (SSSR count). The zero-order valence-electron chi connectivity index (χ0n) is 3.09. The van der Waals surface area contributed by atoms with Crippen LogP contribution in [0.4, 0.5) is 0 Å². The monoisotopic (exact) mass is 170 g/mol. The molecule has 34 valence electrons. The molecule has 6 heavy (non-hydrogen) atoms. The Morgan fingerprint density at radius 2 is 1.67 bits per heavy atom. The van der Waals surface area contributed by atoms with Crippen LogP contribution in [0.25, 0.3) is 0 Å². The van der Waals surface area contributed by atoms with Crippen molar-refractivity contribution in [3.05, 3.63) is 12.5 Å². The quantitative estimate of drug-likeness (QED) is 0.489. The Labute approximate surface area is 50.4 Å². The fourth-order valence-electron chi connectivity index (χ4n) is 0.196. The van der Waals surface area contributed by atoms with Crippen molar-refractivity contribution in [2.45, 2.75) is 0 Å². The molecule has 0 N–H and O–H groups in total. The standard InChI is InChI=1S/C3H4O2.Mo/c1-2-5-3-4-1;/h1-2H,3H2;. The summed E-state index contributed by atoms with van der Waals surface area (Å²) in [5, 5.41) is 0. The van der Waals surface area contributed by atoms with Gasteiger partial charge in [-0.1, -0.05) is 0 Å². The summed E-state index contributed by atoms with van der Waals surface area (Å²) in [7, 11) is 0. The Kier molecular flexibility index (Phi) is 3.24. The Morgan fingerprint density at radius 1 is 1.17 bits per heavy atom. The molecular formula is C3H4MoO2. The maximum Gasteiger partial charge on any atom is 0.229 e. The van der Waals surface area contributed by atoms with Gasteiger partial charge in [-0.05, 0) is 0 Å². The van der Waals surface area contributed by atoms with E-state index >= 15 is 0 Å². The SMILES string of the molecule is C1=COCO1.[Mo]. The van der Waals surface area contributed by atoms with Gasteiger partial charge in [0, 0.05) is 21.1 Å². The summed E-state index contributed by atoms with van der Waals surface area (Å²) in [6.45, 7) is 0.389. The molecule has 3 heteroatoms. The molecule has 0 saturated carbocycles. The van der Waals surface area contributed by atoms with Crippen LogP contribution in [0.3, 0.4) is 0 Å².